The molecule has 2 aromatic carbocycles. The van der Waals surface area contributed by atoms with Crippen molar-refractivity contribution in [2.24, 2.45) is 0 Å². The monoisotopic (exact) mass is 439 g/mol. The number of anilines is 1. The van der Waals surface area contributed by atoms with Gasteiger partial charge in [-0.05, 0) is 19.1 Å². The fourth-order valence-electron chi connectivity index (χ4n) is 2.92. The van der Waals surface area contributed by atoms with Crippen LogP contribution in [0.3, 0.4) is 0 Å². The van der Waals surface area contributed by atoms with Gasteiger partial charge in [-0.1, -0.05) is 0 Å². The van der Waals surface area contributed by atoms with Crippen LogP contribution in [-0.4, -0.2) is 56.5 Å². The number of hydrogen-bond donors (Lipinski definition) is 0. The van der Waals surface area contributed by atoms with E-state index in [2.05, 4.69) is 0 Å². The molecule has 164 valence electrons. The molecule has 0 radical (unpaired) electrons. The quantitative estimate of drug-likeness (QED) is 0.550. The Labute approximate surface area is 176 Å². The van der Waals surface area contributed by atoms with Crippen molar-refractivity contribution in [3.05, 3.63) is 35.9 Å². The number of nitrogens with zero attached hydrogens (tertiary/aromatic N) is 1. The Kier molecular flexibility index (Phi) is 7.38. The second-order valence-electron chi connectivity index (χ2n) is 5.90. The molecule has 0 aromatic heterocycles. The average Bonchev–Trinajstić information content (AvgIpc) is 2.77. The molecule has 0 amide bonds. The highest BCUT2D eigenvalue weighted by atomic mass is 32.2. The van der Waals surface area contributed by atoms with Gasteiger partial charge in [0.15, 0.2) is 23.0 Å². The first-order valence-electron chi connectivity index (χ1n) is 8.88. The van der Waals surface area contributed by atoms with Crippen LogP contribution in [0.4, 0.5) is 5.69 Å². The number of sulfonamides is 1. The molecule has 0 aliphatic carbocycles. The van der Waals surface area contributed by atoms with E-state index < -0.39 is 16.0 Å². The van der Waals surface area contributed by atoms with E-state index in [4.69, 9.17) is 23.7 Å². The van der Waals surface area contributed by atoms with Crippen LogP contribution in [0, 0.1) is 0 Å². The van der Waals surface area contributed by atoms with Gasteiger partial charge in [-0.25, -0.2) is 13.2 Å². The van der Waals surface area contributed by atoms with Crippen molar-refractivity contribution < 1.29 is 36.9 Å². The largest absolute Gasteiger partial charge is 0.493 e. The van der Waals surface area contributed by atoms with Gasteiger partial charge in [-0.2, -0.15) is 0 Å². The smallest absolute Gasteiger partial charge is 0.340 e. The number of methoxy groups -OCH3 is 5. The van der Waals surface area contributed by atoms with E-state index in [0.717, 1.165) is 4.31 Å². The van der Waals surface area contributed by atoms with E-state index in [9.17, 15) is 13.2 Å². The van der Waals surface area contributed by atoms with Crippen LogP contribution >= 0.6 is 0 Å². The summed E-state index contributed by atoms with van der Waals surface area (Å²) in [6.07, 6.45) is 0. The van der Waals surface area contributed by atoms with Gasteiger partial charge in [0, 0.05) is 24.7 Å². The highest BCUT2D eigenvalue weighted by Crippen LogP contribution is 2.38. The summed E-state index contributed by atoms with van der Waals surface area (Å²) in [5.74, 6) is 0.463. The van der Waals surface area contributed by atoms with Crippen LogP contribution < -0.4 is 23.3 Å². The summed E-state index contributed by atoms with van der Waals surface area (Å²) in [6, 6.07) is 7.06. The normalized spacial score (nSPS) is 10.9. The molecule has 0 fully saturated rings. The van der Waals surface area contributed by atoms with Crippen molar-refractivity contribution in [2.45, 2.75) is 11.8 Å². The van der Waals surface area contributed by atoms with E-state index in [1.54, 1.807) is 6.92 Å². The molecule has 0 atom stereocenters. The first-order chi connectivity index (χ1) is 14.3. The number of carbonyl (C=O) groups excluding carboxylic acids is 1. The van der Waals surface area contributed by atoms with Gasteiger partial charge in [0.2, 0.25) is 0 Å². The molecule has 10 heteroatoms. The predicted molar refractivity (Wildman–Crippen MR) is 111 cm³/mol. The fraction of sp³-hybridized carbons (Fsp3) is 0.350. The SMILES string of the molecule is CCN(c1cc(OC)c(OC)cc1C(=O)OC)S(=O)(=O)c1ccc(OC)c(OC)c1. The molecule has 30 heavy (non-hydrogen) atoms. The van der Waals surface area contributed by atoms with Crippen LogP contribution in [0.5, 0.6) is 23.0 Å². The van der Waals surface area contributed by atoms with Crippen LogP contribution in [0.25, 0.3) is 0 Å². The third kappa shape index (κ3) is 4.23. The van der Waals surface area contributed by atoms with Crippen molar-refractivity contribution >= 4 is 21.7 Å². The number of rotatable bonds is 9. The summed E-state index contributed by atoms with van der Waals surface area (Å²) in [4.78, 5) is 12.4. The minimum atomic E-state index is -4.08. The Balaban J connectivity index is 2.72. The lowest BCUT2D eigenvalue weighted by molar-refractivity contribution is 0.0601. The van der Waals surface area contributed by atoms with Crippen molar-refractivity contribution in [3.8, 4) is 23.0 Å². The van der Waals surface area contributed by atoms with Gasteiger partial charge >= 0.3 is 5.97 Å². The van der Waals surface area contributed by atoms with E-state index in [-0.39, 0.29) is 39.9 Å². The fourth-order valence-corrected chi connectivity index (χ4v) is 4.42. The molecular formula is C20H25NO8S. The summed E-state index contributed by atoms with van der Waals surface area (Å²) in [5, 5.41) is 0. The molecule has 0 unspecified atom stereocenters. The molecule has 0 heterocycles. The first-order valence-corrected chi connectivity index (χ1v) is 10.3. The molecule has 2 rings (SSSR count). The maximum atomic E-state index is 13.5. The molecule has 0 spiro atoms. The van der Waals surface area contributed by atoms with Crippen LogP contribution in [-0.2, 0) is 14.8 Å². The highest BCUT2D eigenvalue weighted by molar-refractivity contribution is 7.92. The lowest BCUT2D eigenvalue weighted by Crippen LogP contribution is -2.32. The van der Waals surface area contributed by atoms with Crippen LogP contribution in [0.2, 0.25) is 0 Å². The Hall–Kier alpha value is -3.14. The second kappa shape index (κ2) is 9.57. The number of esters is 1. The van der Waals surface area contributed by atoms with Gasteiger partial charge in [0.25, 0.3) is 10.0 Å². The zero-order chi connectivity index (χ0) is 22.5. The van der Waals surface area contributed by atoms with Gasteiger partial charge < -0.3 is 23.7 Å². The lowest BCUT2D eigenvalue weighted by atomic mass is 10.1. The molecular weight excluding hydrogens is 414 g/mol. The molecule has 0 aliphatic heterocycles. The topological polar surface area (TPSA) is 101 Å². The molecule has 2 aromatic rings. The molecule has 0 bridgehead atoms. The Morgan fingerprint density at radius 2 is 1.37 bits per heavy atom. The zero-order valence-electron chi connectivity index (χ0n) is 17.7. The minimum Gasteiger partial charge on any atom is -0.493 e. The number of benzene rings is 2. The molecule has 0 N–H and O–H groups in total. The van der Waals surface area contributed by atoms with E-state index >= 15 is 0 Å². The number of ether oxygens (including phenoxy) is 5. The second-order valence-corrected chi connectivity index (χ2v) is 7.76. The highest BCUT2D eigenvalue weighted by Gasteiger charge is 2.30. The molecule has 0 saturated carbocycles. The summed E-state index contributed by atoms with van der Waals surface area (Å²) in [7, 11) is 2.83. The van der Waals surface area contributed by atoms with E-state index in [1.165, 1.54) is 65.9 Å². The third-order valence-corrected chi connectivity index (χ3v) is 6.29. The summed E-state index contributed by atoms with van der Waals surface area (Å²) in [5.41, 5.74) is 0.109. The zero-order valence-corrected chi connectivity index (χ0v) is 18.5. The Bertz CT molecular complexity index is 1020. The summed E-state index contributed by atoms with van der Waals surface area (Å²) in [6.45, 7) is 1.69. The van der Waals surface area contributed by atoms with Crippen molar-refractivity contribution in [1.82, 2.24) is 0 Å². The maximum absolute atomic E-state index is 13.5. The Morgan fingerprint density at radius 1 is 0.833 bits per heavy atom. The van der Waals surface area contributed by atoms with Crippen molar-refractivity contribution in [3.63, 3.8) is 0 Å². The molecule has 9 nitrogen and oxygen atoms in total. The third-order valence-electron chi connectivity index (χ3n) is 4.41. The summed E-state index contributed by atoms with van der Waals surface area (Å²) >= 11 is 0. The Morgan fingerprint density at radius 3 is 1.87 bits per heavy atom. The maximum Gasteiger partial charge on any atom is 0.340 e. The molecule has 0 saturated heterocycles. The van der Waals surface area contributed by atoms with Gasteiger partial charge in [-0.3, -0.25) is 4.31 Å². The lowest BCUT2D eigenvalue weighted by Gasteiger charge is -2.26. The van der Waals surface area contributed by atoms with Gasteiger partial charge in [0.1, 0.15) is 0 Å². The van der Waals surface area contributed by atoms with Crippen LogP contribution in [0.1, 0.15) is 17.3 Å². The van der Waals surface area contributed by atoms with E-state index in [0.29, 0.717) is 5.75 Å². The predicted octanol–water partition coefficient (Wildman–Crippen LogP) is 2.72. The first kappa shape index (κ1) is 23.1. The molecule has 0 aliphatic rings. The summed E-state index contributed by atoms with van der Waals surface area (Å²) < 4.78 is 53.7. The van der Waals surface area contributed by atoms with E-state index in [1.807, 2.05) is 0 Å². The minimum absolute atomic E-state index is 0.0149. The average molecular weight is 439 g/mol. The van der Waals surface area contributed by atoms with Gasteiger partial charge in [0.05, 0.1) is 51.7 Å². The standard InChI is InChI=1S/C20H25NO8S/c1-7-21(30(23,24)13-8-9-16(25-2)17(10-13)26-3)15-12-19(28-5)18(27-4)11-14(15)20(22)29-6/h8-12H,7H2,1-6H3. The van der Waals surface area contributed by atoms with Crippen molar-refractivity contribution in [2.75, 3.05) is 46.4 Å². The number of hydrogen-bond acceptors (Lipinski definition) is 8. The van der Waals surface area contributed by atoms with Crippen LogP contribution in [0.15, 0.2) is 35.2 Å². The number of carbonyl (C=O) groups is 1. The van der Waals surface area contributed by atoms with Crippen molar-refractivity contribution in [1.29, 1.82) is 0 Å². The van der Waals surface area contributed by atoms with Gasteiger partial charge in [-0.15, -0.1) is 0 Å².